The topological polar surface area (TPSA) is 66.8 Å². The number of fused-ring (bicyclic) bond motifs is 1. The molecule has 0 bridgehead atoms. The molecule has 0 unspecified atom stereocenters. The van der Waals surface area contributed by atoms with Gasteiger partial charge in [-0.2, -0.15) is 0 Å². The smallest absolute Gasteiger partial charge is 0.407 e. The molecule has 2 aromatic carbocycles. The fourth-order valence-corrected chi connectivity index (χ4v) is 7.24. The maximum Gasteiger partial charge on any atom is 0.407 e. The van der Waals surface area contributed by atoms with E-state index in [1.54, 1.807) is 19.1 Å². The van der Waals surface area contributed by atoms with Crippen molar-refractivity contribution in [2.24, 2.45) is 17.8 Å². The van der Waals surface area contributed by atoms with Crippen LogP contribution in [0.3, 0.4) is 0 Å². The molecule has 42 heavy (non-hydrogen) atoms. The molecule has 2 amide bonds. The molecule has 0 spiro atoms. The molecule has 3 fully saturated rings. The zero-order chi connectivity index (χ0) is 29.1. The van der Waals surface area contributed by atoms with E-state index in [4.69, 9.17) is 4.74 Å². The second-order valence-electron chi connectivity index (χ2n) is 12.4. The Kier molecular flexibility index (Phi) is 8.79. The summed E-state index contributed by atoms with van der Waals surface area (Å²) < 4.78 is 20.5. The number of nitrogens with one attached hydrogen (secondary N) is 1. The molecule has 1 aromatic heterocycles. The number of hydrogen-bond donors (Lipinski definition) is 1. The molecule has 2 saturated heterocycles. The van der Waals surface area contributed by atoms with Gasteiger partial charge in [0.15, 0.2) is 0 Å². The first-order valence-electron chi connectivity index (χ1n) is 15.8. The van der Waals surface area contributed by atoms with Crippen LogP contribution in [0.2, 0.25) is 0 Å². The molecular weight excluding hydrogens is 531 g/mol. The lowest BCUT2D eigenvalue weighted by Crippen LogP contribution is -2.39. The van der Waals surface area contributed by atoms with E-state index >= 15 is 0 Å². The first kappa shape index (κ1) is 28.7. The SMILES string of the molecule is CCOC(=O)NCCCn1ccc2cccc(C(=O)N3C[C@@H](CN4CCC(c5ccc(F)cc5)CC4)[C@H](C4CC4)C3)c21. The maximum absolute atomic E-state index is 14.1. The minimum Gasteiger partial charge on any atom is -0.450 e. The molecule has 2 atom stereocenters. The molecule has 3 aromatic rings. The highest BCUT2D eigenvalue weighted by Crippen LogP contribution is 2.45. The maximum atomic E-state index is 14.1. The van der Waals surface area contributed by atoms with Gasteiger partial charge in [0.25, 0.3) is 5.91 Å². The summed E-state index contributed by atoms with van der Waals surface area (Å²) in [6.07, 6.45) is 7.17. The summed E-state index contributed by atoms with van der Waals surface area (Å²) >= 11 is 0. The number of para-hydroxylation sites is 1. The van der Waals surface area contributed by atoms with Crippen LogP contribution in [-0.2, 0) is 11.3 Å². The number of likely N-dealkylation sites (tertiary alicyclic amines) is 2. The number of benzene rings is 2. The van der Waals surface area contributed by atoms with E-state index < -0.39 is 6.09 Å². The van der Waals surface area contributed by atoms with Crippen LogP contribution in [0.4, 0.5) is 9.18 Å². The minimum absolute atomic E-state index is 0.133. The van der Waals surface area contributed by atoms with Gasteiger partial charge in [0.05, 0.1) is 17.7 Å². The Bertz CT molecular complexity index is 1380. The van der Waals surface area contributed by atoms with Gasteiger partial charge in [0.1, 0.15) is 5.82 Å². The Morgan fingerprint density at radius 2 is 1.79 bits per heavy atom. The van der Waals surface area contributed by atoms with E-state index in [0.717, 1.165) is 74.4 Å². The van der Waals surface area contributed by atoms with Gasteiger partial charge in [-0.15, -0.1) is 0 Å². The van der Waals surface area contributed by atoms with Crippen molar-refractivity contribution in [2.75, 3.05) is 45.9 Å². The largest absolute Gasteiger partial charge is 0.450 e. The second-order valence-corrected chi connectivity index (χ2v) is 12.4. The highest BCUT2D eigenvalue weighted by atomic mass is 19.1. The fourth-order valence-electron chi connectivity index (χ4n) is 7.24. The van der Waals surface area contributed by atoms with E-state index in [0.29, 0.717) is 37.5 Å². The number of halogens is 1. The van der Waals surface area contributed by atoms with Gasteiger partial charge in [-0.05, 0) is 106 Å². The Morgan fingerprint density at radius 3 is 2.52 bits per heavy atom. The molecule has 7 nitrogen and oxygen atoms in total. The quantitative estimate of drug-likeness (QED) is 0.307. The minimum atomic E-state index is -0.392. The summed E-state index contributed by atoms with van der Waals surface area (Å²) in [6, 6.07) is 15.1. The van der Waals surface area contributed by atoms with Crippen molar-refractivity contribution in [2.45, 2.75) is 51.5 Å². The molecule has 224 valence electrons. The molecular formula is C34H43FN4O3. The fraction of sp³-hybridized carbons (Fsp3) is 0.529. The molecule has 0 radical (unpaired) electrons. The third kappa shape index (κ3) is 6.48. The summed E-state index contributed by atoms with van der Waals surface area (Å²) in [6.45, 7) is 8.21. The molecule has 3 heterocycles. The summed E-state index contributed by atoms with van der Waals surface area (Å²) in [5, 5.41) is 3.85. The first-order valence-corrected chi connectivity index (χ1v) is 15.8. The lowest BCUT2D eigenvalue weighted by molar-refractivity contribution is 0.0781. The lowest BCUT2D eigenvalue weighted by Gasteiger charge is -2.34. The molecule has 2 aliphatic heterocycles. The summed E-state index contributed by atoms with van der Waals surface area (Å²) in [7, 11) is 0. The van der Waals surface area contributed by atoms with Gasteiger partial charge in [0.2, 0.25) is 0 Å². The normalized spacial score (nSPS) is 21.6. The van der Waals surface area contributed by atoms with E-state index in [2.05, 4.69) is 31.8 Å². The van der Waals surface area contributed by atoms with Crippen molar-refractivity contribution in [3.05, 3.63) is 71.7 Å². The van der Waals surface area contributed by atoms with Gasteiger partial charge >= 0.3 is 6.09 Å². The Hall–Kier alpha value is -3.39. The van der Waals surface area contributed by atoms with Crippen molar-refractivity contribution < 1.29 is 18.7 Å². The summed E-state index contributed by atoms with van der Waals surface area (Å²) in [5.41, 5.74) is 3.00. The number of aryl methyl sites for hydroxylation is 1. The molecule has 1 N–H and O–H groups in total. The van der Waals surface area contributed by atoms with Crippen molar-refractivity contribution in [1.29, 1.82) is 0 Å². The Balaban J connectivity index is 1.09. The predicted octanol–water partition coefficient (Wildman–Crippen LogP) is 5.89. The van der Waals surface area contributed by atoms with Crippen molar-refractivity contribution in [1.82, 2.24) is 19.7 Å². The van der Waals surface area contributed by atoms with Crippen LogP contribution in [0, 0.1) is 23.6 Å². The van der Waals surface area contributed by atoms with Crippen LogP contribution in [0.15, 0.2) is 54.7 Å². The average Bonchev–Trinajstić information content (AvgIpc) is 3.63. The van der Waals surface area contributed by atoms with Crippen LogP contribution in [0.25, 0.3) is 10.9 Å². The van der Waals surface area contributed by atoms with Crippen LogP contribution in [0.5, 0.6) is 0 Å². The monoisotopic (exact) mass is 574 g/mol. The Labute approximate surface area is 248 Å². The van der Waals surface area contributed by atoms with Crippen molar-refractivity contribution >= 4 is 22.9 Å². The number of carbonyl (C=O) groups is 2. The number of ether oxygens (including phenoxy) is 1. The van der Waals surface area contributed by atoms with Crippen molar-refractivity contribution in [3.63, 3.8) is 0 Å². The molecule has 8 heteroatoms. The lowest BCUT2D eigenvalue weighted by atomic mass is 9.87. The number of hydrogen-bond acceptors (Lipinski definition) is 4. The predicted molar refractivity (Wildman–Crippen MR) is 162 cm³/mol. The van der Waals surface area contributed by atoms with Crippen molar-refractivity contribution in [3.8, 4) is 0 Å². The molecule has 1 saturated carbocycles. The molecule has 1 aliphatic carbocycles. The third-order valence-electron chi connectivity index (χ3n) is 9.57. The highest BCUT2D eigenvalue weighted by molar-refractivity contribution is 6.06. The van der Waals surface area contributed by atoms with Gasteiger partial charge < -0.3 is 24.4 Å². The highest BCUT2D eigenvalue weighted by Gasteiger charge is 2.44. The first-order chi connectivity index (χ1) is 20.5. The molecule has 6 rings (SSSR count). The number of carbonyl (C=O) groups excluding carboxylic acids is 2. The number of amides is 2. The van der Waals surface area contributed by atoms with Crippen LogP contribution < -0.4 is 5.32 Å². The second kappa shape index (κ2) is 12.9. The van der Waals surface area contributed by atoms with Gasteiger partial charge in [-0.1, -0.05) is 24.3 Å². The number of nitrogens with zero attached hydrogens (tertiary/aromatic N) is 3. The van der Waals surface area contributed by atoms with E-state index in [9.17, 15) is 14.0 Å². The van der Waals surface area contributed by atoms with Crippen LogP contribution in [-0.4, -0.2) is 72.2 Å². The van der Waals surface area contributed by atoms with Gasteiger partial charge in [0, 0.05) is 44.3 Å². The van der Waals surface area contributed by atoms with E-state index in [1.807, 2.05) is 30.5 Å². The van der Waals surface area contributed by atoms with Gasteiger partial charge in [-0.25, -0.2) is 9.18 Å². The Morgan fingerprint density at radius 1 is 1.00 bits per heavy atom. The number of aromatic nitrogens is 1. The van der Waals surface area contributed by atoms with Crippen LogP contribution in [0.1, 0.15) is 60.9 Å². The summed E-state index contributed by atoms with van der Waals surface area (Å²) in [5.74, 6) is 2.28. The molecule has 3 aliphatic rings. The van der Waals surface area contributed by atoms with Crippen LogP contribution >= 0.6 is 0 Å². The zero-order valence-electron chi connectivity index (χ0n) is 24.6. The third-order valence-corrected chi connectivity index (χ3v) is 9.57. The van der Waals surface area contributed by atoms with E-state index in [1.165, 1.54) is 18.4 Å². The van der Waals surface area contributed by atoms with Gasteiger partial charge in [-0.3, -0.25) is 4.79 Å². The van der Waals surface area contributed by atoms with E-state index in [-0.39, 0.29) is 11.7 Å². The standard InChI is InChI=1S/C34H43FN4O3/c1-2-42-34(41)36-16-4-17-38-20-15-27-5-3-6-30(32(27)38)33(40)39-22-28(31(23-39)26-7-8-26)21-37-18-13-25(14-19-37)24-9-11-29(35)12-10-24/h3,5-6,9-12,15,20,25-26,28,31H,2,4,7-8,13-14,16-19,21-23H2,1H3,(H,36,41)/t28-,31+/m1/s1. The number of rotatable bonds is 10. The zero-order valence-corrected chi connectivity index (χ0v) is 24.6. The summed E-state index contributed by atoms with van der Waals surface area (Å²) in [4.78, 5) is 30.4. The number of alkyl carbamates (subject to hydrolysis) is 1. The average molecular weight is 575 g/mol. The number of piperidine rings is 1.